The van der Waals surface area contributed by atoms with Crippen LogP contribution < -0.4 is 5.32 Å². The van der Waals surface area contributed by atoms with Crippen molar-refractivity contribution in [1.29, 1.82) is 0 Å². The molecule has 0 aliphatic heterocycles. The van der Waals surface area contributed by atoms with Crippen molar-refractivity contribution < 1.29 is 19.4 Å². The molecule has 0 saturated carbocycles. The van der Waals surface area contributed by atoms with Gasteiger partial charge in [0.2, 0.25) is 0 Å². The second-order valence-corrected chi connectivity index (χ2v) is 4.19. The van der Waals surface area contributed by atoms with Crippen molar-refractivity contribution in [1.82, 2.24) is 5.32 Å². The number of furan rings is 1. The van der Waals surface area contributed by atoms with Gasteiger partial charge in [-0.1, -0.05) is 24.3 Å². The molecule has 5 heteroatoms. The summed E-state index contributed by atoms with van der Waals surface area (Å²) in [5, 5.41) is 20.8. The van der Waals surface area contributed by atoms with Gasteiger partial charge in [0.1, 0.15) is 12.0 Å². The van der Waals surface area contributed by atoms with Crippen LogP contribution in [0.15, 0.2) is 41.0 Å². The highest BCUT2D eigenvalue weighted by Crippen LogP contribution is 2.08. The van der Waals surface area contributed by atoms with Crippen molar-refractivity contribution in [2.75, 3.05) is 0 Å². The fourth-order valence-corrected chi connectivity index (χ4v) is 1.68. The average Bonchev–Trinajstić information content (AvgIpc) is 2.89. The van der Waals surface area contributed by atoms with Crippen LogP contribution in [0, 0.1) is 0 Å². The molecular weight excluding hydrogens is 246 g/mol. The van der Waals surface area contributed by atoms with E-state index in [1.165, 1.54) is 12.3 Å². The minimum Gasteiger partial charge on any atom is -0.478 e. The molecule has 0 bridgehead atoms. The largest absolute Gasteiger partial charge is 0.478 e. The van der Waals surface area contributed by atoms with Gasteiger partial charge in [-0.25, -0.2) is 4.79 Å². The summed E-state index contributed by atoms with van der Waals surface area (Å²) in [5.74, 6) is -0.404. The van der Waals surface area contributed by atoms with Crippen LogP contribution in [0.5, 0.6) is 0 Å². The van der Waals surface area contributed by atoms with Gasteiger partial charge in [-0.05, 0) is 17.2 Å². The van der Waals surface area contributed by atoms with Crippen molar-refractivity contribution in [3.63, 3.8) is 0 Å². The molecule has 5 nitrogen and oxygen atoms in total. The Morgan fingerprint density at radius 2 is 1.84 bits per heavy atom. The molecule has 19 heavy (non-hydrogen) atoms. The lowest BCUT2D eigenvalue weighted by molar-refractivity contribution is 0.0696. The van der Waals surface area contributed by atoms with Gasteiger partial charge in [0.15, 0.2) is 0 Å². The first-order valence-electron chi connectivity index (χ1n) is 5.89. The highest BCUT2D eigenvalue weighted by Gasteiger charge is 2.07. The quantitative estimate of drug-likeness (QED) is 0.738. The molecule has 0 aliphatic carbocycles. The van der Waals surface area contributed by atoms with Crippen LogP contribution in [0.2, 0.25) is 0 Å². The summed E-state index contributed by atoms with van der Waals surface area (Å²) in [6.07, 6.45) is 1.23. The van der Waals surface area contributed by atoms with Crippen molar-refractivity contribution in [2.24, 2.45) is 0 Å². The van der Waals surface area contributed by atoms with Gasteiger partial charge < -0.3 is 19.9 Å². The molecule has 100 valence electrons. The zero-order valence-electron chi connectivity index (χ0n) is 10.3. The van der Waals surface area contributed by atoms with Gasteiger partial charge in [-0.15, -0.1) is 0 Å². The van der Waals surface area contributed by atoms with Crippen LogP contribution in [-0.4, -0.2) is 16.2 Å². The SMILES string of the molecule is O=C(O)c1coc(CNCc2ccc(CO)cc2)c1. The zero-order chi connectivity index (χ0) is 13.7. The van der Waals surface area contributed by atoms with Crippen molar-refractivity contribution in [3.8, 4) is 0 Å². The van der Waals surface area contributed by atoms with E-state index < -0.39 is 5.97 Å². The first-order valence-corrected chi connectivity index (χ1v) is 5.89. The molecule has 1 aromatic heterocycles. The Kier molecular flexibility index (Phi) is 4.33. The van der Waals surface area contributed by atoms with E-state index >= 15 is 0 Å². The second kappa shape index (κ2) is 6.17. The Morgan fingerprint density at radius 3 is 2.42 bits per heavy atom. The van der Waals surface area contributed by atoms with Gasteiger partial charge >= 0.3 is 5.97 Å². The van der Waals surface area contributed by atoms with Crippen molar-refractivity contribution in [3.05, 3.63) is 59.0 Å². The number of nitrogens with one attached hydrogen (secondary N) is 1. The van der Waals surface area contributed by atoms with Gasteiger partial charge in [0.25, 0.3) is 0 Å². The highest BCUT2D eigenvalue weighted by molar-refractivity contribution is 5.87. The van der Waals surface area contributed by atoms with Crippen LogP contribution >= 0.6 is 0 Å². The van der Waals surface area contributed by atoms with Crippen LogP contribution in [0.3, 0.4) is 0 Å². The predicted octanol–water partition coefficient (Wildman–Crippen LogP) is 1.76. The Labute approximate surface area is 110 Å². The number of carboxylic acids is 1. The van der Waals surface area contributed by atoms with E-state index in [-0.39, 0.29) is 12.2 Å². The first-order chi connectivity index (χ1) is 9.19. The third-order valence-corrected chi connectivity index (χ3v) is 2.73. The number of carbonyl (C=O) groups is 1. The maximum Gasteiger partial charge on any atom is 0.338 e. The van der Waals surface area contributed by atoms with Gasteiger partial charge in [-0.2, -0.15) is 0 Å². The van der Waals surface area contributed by atoms with Crippen molar-refractivity contribution >= 4 is 5.97 Å². The monoisotopic (exact) mass is 261 g/mol. The smallest absolute Gasteiger partial charge is 0.338 e. The number of hydrogen-bond acceptors (Lipinski definition) is 4. The maximum atomic E-state index is 10.7. The maximum absolute atomic E-state index is 10.7. The van der Waals surface area contributed by atoms with E-state index in [2.05, 4.69) is 5.32 Å². The fourth-order valence-electron chi connectivity index (χ4n) is 1.68. The third kappa shape index (κ3) is 3.67. The number of aromatic carboxylic acids is 1. The topological polar surface area (TPSA) is 82.7 Å². The lowest BCUT2D eigenvalue weighted by Crippen LogP contribution is -2.12. The van der Waals surface area contributed by atoms with Crippen LogP contribution in [0.4, 0.5) is 0 Å². The van der Waals surface area contributed by atoms with E-state index in [9.17, 15) is 4.79 Å². The van der Waals surface area contributed by atoms with E-state index in [1.807, 2.05) is 24.3 Å². The number of aliphatic hydroxyl groups is 1. The fraction of sp³-hybridized carbons (Fsp3) is 0.214. The summed E-state index contributed by atoms with van der Waals surface area (Å²) in [6, 6.07) is 9.11. The number of hydrogen-bond donors (Lipinski definition) is 3. The minimum atomic E-state index is -0.991. The molecule has 1 aromatic carbocycles. The normalized spacial score (nSPS) is 10.6. The molecule has 0 amide bonds. The summed E-state index contributed by atoms with van der Waals surface area (Å²) in [7, 11) is 0. The summed E-state index contributed by atoms with van der Waals surface area (Å²) in [4.78, 5) is 10.7. The molecule has 1 heterocycles. The first kappa shape index (κ1) is 13.3. The van der Waals surface area contributed by atoms with E-state index in [4.69, 9.17) is 14.6 Å². The molecule has 0 radical (unpaired) electrons. The molecular formula is C14H15NO4. The lowest BCUT2D eigenvalue weighted by Gasteiger charge is -2.04. The second-order valence-electron chi connectivity index (χ2n) is 4.19. The predicted molar refractivity (Wildman–Crippen MR) is 68.6 cm³/mol. The van der Waals surface area contributed by atoms with Gasteiger partial charge in [0, 0.05) is 6.54 Å². The summed E-state index contributed by atoms with van der Waals surface area (Å²) in [6.45, 7) is 1.15. The van der Waals surface area contributed by atoms with Gasteiger partial charge in [0.05, 0.1) is 18.7 Å². The lowest BCUT2D eigenvalue weighted by atomic mass is 10.1. The molecule has 2 rings (SSSR count). The third-order valence-electron chi connectivity index (χ3n) is 2.73. The summed E-state index contributed by atoms with van der Waals surface area (Å²) >= 11 is 0. The van der Waals surface area contributed by atoms with E-state index in [1.54, 1.807) is 0 Å². The molecule has 0 atom stereocenters. The van der Waals surface area contributed by atoms with Gasteiger partial charge in [-0.3, -0.25) is 0 Å². The minimum absolute atomic E-state index is 0.0398. The van der Waals surface area contributed by atoms with E-state index in [0.717, 1.165) is 11.1 Å². The molecule has 0 spiro atoms. The Morgan fingerprint density at radius 1 is 1.16 bits per heavy atom. The molecule has 0 fully saturated rings. The Hall–Kier alpha value is -2.11. The molecule has 0 unspecified atom stereocenters. The Bertz CT molecular complexity index is 545. The van der Waals surface area contributed by atoms with E-state index in [0.29, 0.717) is 18.8 Å². The van der Waals surface area contributed by atoms with Crippen LogP contribution in [0.25, 0.3) is 0 Å². The molecule has 3 N–H and O–H groups in total. The molecule has 2 aromatic rings. The number of benzene rings is 1. The number of rotatable bonds is 6. The number of carboxylic acid groups (broad SMARTS) is 1. The molecule has 0 aliphatic rings. The van der Waals surface area contributed by atoms with Crippen molar-refractivity contribution in [2.45, 2.75) is 19.7 Å². The zero-order valence-corrected chi connectivity index (χ0v) is 10.3. The Balaban J connectivity index is 1.83. The molecule has 0 saturated heterocycles. The summed E-state index contributed by atoms with van der Waals surface area (Å²) < 4.78 is 5.12. The number of aliphatic hydroxyl groups excluding tert-OH is 1. The van der Waals surface area contributed by atoms with Crippen LogP contribution in [0.1, 0.15) is 27.2 Å². The highest BCUT2D eigenvalue weighted by atomic mass is 16.4. The average molecular weight is 261 g/mol. The van der Waals surface area contributed by atoms with Crippen LogP contribution in [-0.2, 0) is 19.7 Å². The standard InChI is InChI=1S/C14H15NO4/c16-8-11-3-1-10(2-4-11)6-15-7-13-5-12(9-19-13)14(17)18/h1-5,9,15-16H,6-8H2,(H,17,18). The summed E-state index contributed by atoms with van der Waals surface area (Å²) in [5.41, 5.74) is 2.12.